The summed E-state index contributed by atoms with van der Waals surface area (Å²) < 4.78 is 37.5. The SMILES string of the molecule is Cc1ccc(S(=O)(=O)CCNc2ccccc2F)cc1. The largest absolute Gasteiger partial charge is 0.382 e. The highest BCUT2D eigenvalue weighted by molar-refractivity contribution is 7.91. The number of nitrogens with one attached hydrogen (secondary N) is 1. The number of para-hydroxylation sites is 1. The molecule has 0 aliphatic rings. The van der Waals surface area contributed by atoms with E-state index in [4.69, 9.17) is 0 Å². The molecule has 0 radical (unpaired) electrons. The Morgan fingerprint density at radius 1 is 1.05 bits per heavy atom. The van der Waals surface area contributed by atoms with E-state index in [1.807, 2.05) is 6.92 Å². The van der Waals surface area contributed by atoms with E-state index in [2.05, 4.69) is 5.32 Å². The normalized spacial score (nSPS) is 11.3. The smallest absolute Gasteiger partial charge is 0.180 e. The highest BCUT2D eigenvalue weighted by Gasteiger charge is 2.13. The van der Waals surface area contributed by atoms with Crippen LogP contribution >= 0.6 is 0 Å². The first-order valence-electron chi connectivity index (χ1n) is 6.27. The maximum Gasteiger partial charge on any atom is 0.180 e. The maximum absolute atomic E-state index is 13.4. The molecule has 2 aromatic carbocycles. The number of hydrogen-bond donors (Lipinski definition) is 1. The Bertz CT molecular complexity index is 681. The van der Waals surface area contributed by atoms with E-state index < -0.39 is 9.84 Å². The van der Waals surface area contributed by atoms with Gasteiger partial charge in [-0.1, -0.05) is 29.8 Å². The third kappa shape index (κ3) is 3.57. The molecule has 0 atom stereocenters. The van der Waals surface area contributed by atoms with Gasteiger partial charge in [-0.3, -0.25) is 0 Å². The molecule has 0 heterocycles. The zero-order valence-corrected chi connectivity index (χ0v) is 12.0. The lowest BCUT2D eigenvalue weighted by atomic mass is 10.2. The van der Waals surface area contributed by atoms with Crippen LogP contribution < -0.4 is 5.32 Å². The van der Waals surface area contributed by atoms with Crippen LogP contribution in [0.2, 0.25) is 0 Å². The van der Waals surface area contributed by atoms with Gasteiger partial charge in [0.15, 0.2) is 9.84 Å². The van der Waals surface area contributed by atoms with Crippen LogP contribution in [0.4, 0.5) is 10.1 Å². The molecule has 0 aliphatic heterocycles. The van der Waals surface area contributed by atoms with E-state index in [9.17, 15) is 12.8 Å². The summed E-state index contributed by atoms with van der Waals surface area (Å²) in [6.45, 7) is 2.06. The molecule has 1 N–H and O–H groups in total. The van der Waals surface area contributed by atoms with Gasteiger partial charge in [-0.05, 0) is 31.2 Å². The topological polar surface area (TPSA) is 46.2 Å². The number of anilines is 1. The van der Waals surface area contributed by atoms with Crippen LogP contribution in [0.15, 0.2) is 53.4 Å². The number of rotatable bonds is 5. The van der Waals surface area contributed by atoms with Crippen molar-refractivity contribution < 1.29 is 12.8 Å². The first-order valence-corrected chi connectivity index (χ1v) is 7.92. The van der Waals surface area contributed by atoms with Gasteiger partial charge in [0.05, 0.1) is 16.3 Å². The van der Waals surface area contributed by atoms with Crippen LogP contribution in [0.5, 0.6) is 0 Å². The Morgan fingerprint density at radius 3 is 2.35 bits per heavy atom. The molecule has 3 nitrogen and oxygen atoms in total. The van der Waals surface area contributed by atoms with Crippen LogP contribution in [-0.4, -0.2) is 20.7 Å². The summed E-state index contributed by atoms with van der Waals surface area (Å²) in [5, 5.41) is 2.80. The summed E-state index contributed by atoms with van der Waals surface area (Å²) in [5.74, 6) is -0.468. The molecule has 0 saturated carbocycles. The average molecular weight is 293 g/mol. The summed E-state index contributed by atoms with van der Waals surface area (Å²) in [6, 6.07) is 12.9. The summed E-state index contributed by atoms with van der Waals surface area (Å²) >= 11 is 0. The third-order valence-electron chi connectivity index (χ3n) is 2.94. The van der Waals surface area contributed by atoms with Crippen molar-refractivity contribution in [1.29, 1.82) is 0 Å². The van der Waals surface area contributed by atoms with E-state index in [0.717, 1.165) is 5.56 Å². The van der Waals surface area contributed by atoms with Crippen LogP contribution in [0.1, 0.15) is 5.56 Å². The first-order chi connectivity index (χ1) is 9.49. The molecule has 0 unspecified atom stereocenters. The second kappa shape index (κ2) is 6.05. The standard InChI is InChI=1S/C15H16FNO2S/c1-12-6-8-13(9-7-12)20(18,19)11-10-17-15-5-3-2-4-14(15)16/h2-9,17H,10-11H2,1H3. The zero-order valence-electron chi connectivity index (χ0n) is 11.1. The second-order valence-electron chi connectivity index (χ2n) is 4.54. The van der Waals surface area contributed by atoms with Gasteiger partial charge in [-0.15, -0.1) is 0 Å². The number of aryl methyl sites for hydroxylation is 1. The van der Waals surface area contributed by atoms with Crippen molar-refractivity contribution in [2.24, 2.45) is 0 Å². The fourth-order valence-corrected chi connectivity index (χ4v) is 2.95. The molecule has 0 fully saturated rings. The van der Waals surface area contributed by atoms with Crippen molar-refractivity contribution in [3.05, 3.63) is 59.9 Å². The number of hydrogen-bond acceptors (Lipinski definition) is 3. The molecular formula is C15H16FNO2S. The summed E-state index contributed by atoms with van der Waals surface area (Å²) in [6.07, 6.45) is 0. The lowest BCUT2D eigenvalue weighted by molar-refractivity contribution is 0.596. The third-order valence-corrected chi connectivity index (χ3v) is 4.67. The Morgan fingerprint density at radius 2 is 1.70 bits per heavy atom. The predicted molar refractivity (Wildman–Crippen MR) is 78.1 cm³/mol. The van der Waals surface area contributed by atoms with Crippen molar-refractivity contribution in [3.8, 4) is 0 Å². The van der Waals surface area contributed by atoms with Gasteiger partial charge in [-0.25, -0.2) is 12.8 Å². The minimum atomic E-state index is -3.34. The summed E-state index contributed by atoms with van der Waals surface area (Å²) in [5.41, 5.74) is 1.32. The molecule has 2 aromatic rings. The molecule has 20 heavy (non-hydrogen) atoms. The minimum absolute atomic E-state index is 0.0790. The monoisotopic (exact) mass is 293 g/mol. The number of sulfone groups is 1. The van der Waals surface area contributed by atoms with Crippen molar-refractivity contribution in [2.45, 2.75) is 11.8 Å². The number of halogens is 1. The lowest BCUT2D eigenvalue weighted by Gasteiger charge is -2.08. The van der Waals surface area contributed by atoms with Crippen LogP contribution in [-0.2, 0) is 9.84 Å². The van der Waals surface area contributed by atoms with E-state index in [-0.39, 0.29) is 18.1 Å². The minimum Gasteiger partial charge on any atom is -0.382 e. The van der Waals surface area contributed by atoms with E-state index in [1.165, 1.54) is 6.07 Å². The molecule has 0 bridgehead atoms. The van der Waals surface area contributed by atoms with Crippen molar-refractivity contribution in [2.75, 3.05) is 17.6 Å². The molecular weight excluding hydrogens is 277 g/mol. The predicted octanol–water partition coefficient (Wildman–Crippen LogP) is 3.02. The molecule has 106 valence electrons. The van der Waals surface area contributed by atoms with E-state index in [1.54, 1.807) is 42.5 Å². The van der Waals surface area contributed by atoms with Gasteiger partial charge in [0.25, 0.3) is 0 Å². The van der Waals surface area contributed by atoms with Gasteiger partial charge in [-0.2, -0.15) is 0 Å². The van der Waals surface area contributed by atoms with Crippen molar-refractivity contribution in [3.63, 3.8) is 0 Å². The molecule has 0 aliphatic carbocycles. The molecule has 0 saturated heterocycles. The van der Waals surface area contributed by atoms with Crippen molar-refractivity contribution in [1.82, 2.24) is 0 Å². The van der Waals surface area contributed by atoms with Crippen LogP contribution in [0.3, 0.4) is 0 Å². The fraction of sp³-hybridized carbons (Fsp3) is 0.200. The number of benzene rings is 2. The second-order valence-corrected chi connectivity index (χ2v) is 6.65. The molecule has 0 amide bonds. The van der Waals surface area contributed by atoms with Gasteiger partial charge in [0.1, 0.15) is 5.82 Å². The highest BCUT2D eigenvalue weighted by Crippen LogP contribution is 2.14. The molecule has 2 rings (SSSR count). The zero-order chi connectivity index (χ0) is 14.6. The van der Waals surface area contributed by atoms with Gasteiger partial charge < -0.3 is 5.32 Å². The molecule has 5 heteroatoms. The van der Waals surface area contributed by atoms with E-state index >= 15 is 0 Å². The lowest BCUT2D eigenvalue weighted by Crippen LogP contribution is -2.16. The Labute approximate surface area is 118 Å². The Balaban J connectivity index is 2.00. The first kappa shape index (κ1) is 14.5. The summed E-state index contributed by atoms with van der Waals surface area (Å²) in [4.78, 5) is 0.290. The fourth-order valence-electron chi connectivity index (χ4n) is 1.79. The van der Waals surface area contributed by atoms with Crippen LogP contribution in [0, 0.1) is 12.7 Å². The maximum atomic E-state index is 13.4. The van der Waals surface area contributed by atoms with Crippen molar-refractivity contribution >= 4 is 15.5 Å². The molecule has 0 aromatic heterocycles. The Hall–Kier alpha value is -1.88. The average Bonchev–Trinajstić information content (AvgIpc) is 2.41. The van der Waals surface area contributed by atoms with Gasteiger partial charge in [0, 0.05) is 6.54 Å². The highest BCUT2D eigenvalue weighted by atomic mass is 32.2. The quantitative estimate of drug-likeness (QED) is 0.921. The van der Waals surface area contributed by atoms with Crippen LogP contribution in [0.25, 0.3) is 0 Å². The van der Waals surface area contributed by atoms with Gasteiger partial charge in [0.2, 0.25) is 0 Å². The van der Waals surface area contributed by atoms with Gasteiger partial charge >= 0.3 is 0 Å². The van der Waals surface area contributed by atoms with E-state index in [0.29, 0.717) is 10.6 Å². The summed E-state index contributed by atoms with van der Waals surface area (Å²) in [7, 11) is -3.34. The Kier molecular flexibility index (Phi) is 4.39. The molecule has 0 spiro atoms.